The van der Waals surface area contributed by atoms with Gasteiger partial charge >= 0.3 is 0 Å². The molecule has 3 rings (SSSR count). The first-order valence-corrected chi connectivity index (χ1v) is 5.82. The minimum atomic E-state index is 0.280. The summed E-state index contributed by atoms with van der Waals surface area (Å²) < 4.78 is 1.92. The maximum absolute atomic E-state index is 5.95. The minimum absolute atomic E-state index is 0.280. The van der Waals surface area contributed by atoms with Gasteiger partial charge in [0, 0.05) is 12.4 Å². The third-order valence-corrected chi connectivity index (χ3v) is 3.20. The Morgan fingerprint density at radius 2 is 2.31 bits per heavy atom. The van der Waals surface area contributed by atoms with E-state index in [-0.39, 0.29) is 6.04 Å². The van der Waals surface area contributed by atoms with Crippen molar-refractivity contribution in [2.75, 3.05) is 6.54 Å². The van der Waals surface area contributed by atoms with Crippen LogP contribution in [0.15, 0.2) is 12.4 Å². The van der Waals surface area contributed by atoms with E-state index in [4.69, 9.17) is 11.6 Å². The molecule has 1 fully saturated rings. The molecule has 6 heteroatoms. The highest BCUT2D eigenvalue weighted by molar-refractivity contribution is 6.32. The van der Waals surface area contributed by atoms with E-state index in [2.05, 4.69) is 20.5 Å². The van der Waals surface area contributed by atoms with E-state index in [0.717, 1.165) is 18.8 Å². The molecular weight excluding hydrogens is 226 g/mol. The molecular formula is C10H12ClN5. The normalized spacial score (nSPS) is 21.4. The van der Waals surface area contributed by atoms with Crippen LogP contribution in [0.4, 0.5) is 0 Å². The van der Waals surface area contributed by atoms with Crippen molar-refractivity contribution in [2.24, 2.45) is 0 Å². The number of nitrogens with one attached hydrogen (secondary N) is 1. The van der Waals surface area contributed by atoms with Gasteiger partial charge in [0.2, 0.25) is 0 Å². The van der Waals surface area contributed by atoms with Gasteiger partial charge in [0.05, 0.1) is 6.04 Å². The topological polar surface area (TPSA) is 55.1 Å². The molecule has 2 aromatic heterocycles. The number of hydrogen-bond donors (Lipinski definition) is 1. The molecule has 5 nitrogen and oxygen atoms in total. The maximum atomic E-state index is 5.95. The number of piperidine rings is 1. The van der Waals surface area contributed by atoms with Crippen LogP contribution in [0.2, 0.25) is 5.15 Å². The lowest BCUT2D eigenvalue weighted by Gasteiger charge is -2.21. The van der Waals surface area contributed by atoms with Gasteiger partial charge in [-0.2, -0.15) is 0 Å². The van der Waals surface area contributed by atoms with Gasteiger partial charge in [0.1, 0.15) is 0 Å². The molecule has 0 saturated carbocycles. The zero-order valence-electron chi connectivity index (χ0n) is 8.73. The highest BCUT2D eigenvalue weighted by Gasteiger charge is 2.20. The van der Waals surface area contributed by atoms with Gasteiger partial charge < -0.3 is 5.32 Å². The van der Waals surface area contributed by atoms with Gasteiger partial charge in [-0.15, -0.1) is 10.2 Å². The Bertz CT molecular complexity index is 503. The van der Waals surface area contributed by atoms with Crippen molar-refractivity contribution >= 4 is 17.2 Å². The van der Waals surface area contributed by atoms with Crippen LogP contribution in [0, 0.1) is 0 Å². The van der Waals surface area contributed by atoms with Crippen molar-refractivity contribution in [3.8, 4) is 0 Å². The number of halogens is 1. The lowest BCUT2D eigenvalue weighted by molar-refractivity contribution is 0.395. The molecule has 16 heavy (non-hydrogen) atoms. The molecule has 1 aliphatic rings. The predicted octanol–water partition coefficient (Wildman–Crippen LogP) is 1.59. The van der Waals surface area contributed by atoms with Crippen LogP contribution in [0.1, 0.15) is 31.1 Å². The van der Waals surface area contributed by atoms with Crippen molar-refractivity contribution in [1.29, 1.82) is 0 Å². The Morgan fingerprint density at radius 3 is 3.12 bits per heavy atom. The lowest BCUT2D eigenvalue weighted by atomic mass is 10.0. The van der Waals surface area contributed by atoms with Gasteiger partial charge in [-0.1, -0.05) is 18.0 Å². The quantitative estimate of drug-likeness (QED) is 0.819. The average molecular weight is 238 g/mol. The van der Waals surface area contributed by atoms with Crippen LogP contribution in [-0.4, -0.2) is 26.1 Å². The van der Waals surface area contributed by atoms with Crippen molar-refractivity contribution in [1.82, 2.24) is 24.9 Å². The molecule has 1 saturated heterocycles. The number of hydrogen-bond acceptors (Lipinski definition) is 4. The van der Waals surface area contributed by atoms with E-state index < -0.39 is 0 Å². The summed E-state index contributed by atoms with van der Waals surface area (Å²) in [6, 6.07) is 0.280. The van der Waals surface area contributed by atoms with Crippen LogP contribution >= 0.6 is 11.6 Å². The summed E-state index contributed by atoms with van der Waals surface area (Å²) in [5.41, 5.74) is 0.631. The summed E-state index contributed by atoms with van der Waals surface area (Å²) in [6.07, 6.45) is 7.08. The molecule has 0 radical (unpaired) electrons. The largest absolute Gasteiger partial charge is 0.307 e. The monoisotopic (exact) mass is 237 g/mol. The molecule has 1 aliphatic heterocycles. The maximum Gasteiger partial charge on any atom is 0.198 e. The molecule has 0 spiro atoms. The van der Waals surface area contributed by atoms with Crippen molar-refractivity contribution < 1.29 is 0 Å². The highest BCUT2D eigenvalue weighted by atomic mass is 35.5. The van der Waals surface area contributed by atoms with E-state index in [0.29, 0.717) is 10.8 Å². The summed E-state index contributed by atoms with van der Waals surface area (Å²) >= 11 is 5.95. The Labute approximate surface area is 97.8 Å². The minimum Gasteiger partial charge on any atom is -0.307 e. The summed E-state index contributed by atoms with van der Waals surface area (Å²) in [4.78, 5) is 3.99. The van der Waals surface area contributed by atoms with Gasteiger partial charge in [0.15, 0.2) is 16.6 Å². The number of nitrogens with zero attached hydrogens (tertiary/aromatic N) is 4. The van der Waals surface area contributed by atoms with Gasteiger partial charge in [0.25, 0.3) is 0 Å². The van der Waals surface area contributed by atoms with E-state index in [1.807, 2.05) is 10.6 Å². The molecule has 1 N–H and O–H groups in total. The summed E-state index contributed by atoms with van der Waals surface area (Å²) in [5.74, 6) is 0.930. The fourth-order valence-corrected chi connectivity index (χ4v) is 2.31. The summed E-state index contributed by atoms with van der Waals surface area (Å²) in [5, 5.41) is 12.1. The van der Waals surface area contributed by atoms with Crippen molar-refractivity contribution in [2.45, 2.75) is 25.3 Å². The first-order valence-electron chi connectivity index (χ1n) is 5.45. The highest BCUT2D eigenvalue weighted by Crippen LogP contribution is 2.23. The van der Waals surface area contributed by atoms with Crippen molar-refractivity contribution in [3.05, 3.63) is 23.4 Å². The van der Waals surface area contributed by atoms with Crippen LogP contribution in [-0.2, 0) is 0 Å². The molecule has 0 amide bonds. The van der Waals surface area contributed by atoms with Crippen LogP contribution in [0.5, 0.6) is 0 Å². The fourth-order valence-electron chi connectivity index (χ4n) is 2.12. The molecule has 3 heterocycles. The predicted molar refractivity (Wildman–Crippen MR) is 60.4 cm³/mol. The SMILES string of the molecule is Clc1nccn2c(C3CCCCN3)nnc12. The second kappa shape index (κ2) is 3.99. The Balaban J connectivity index is 2.06. The molecule has 84 valence electrons. The van der Waals surface area contributed by atoms with E-state index in [9.17, 15) is 0 Å². The van der Waals surface area contributed by atoms with Crippen LogP contribution < -0.4 is 5.32 Å². The zero-order chi connectivity index (χ0) is 11.0. The molecule has 2 aromatic rings. The third-order valence-electron chi connectivity index (χ3n) is 2.93. The number of fused-ring (bicyclic) bond motifs is 1. The van der Waals surface area contributed by atoms with Gasteiger partial charge in [-0.25, -0.2) is 4.98 Å². The Kier molecular flexibility index (Phi) is 2.49. The van der Waals surface area contributed by atoms with Crippen molar-refractivity contribution in [3.63, 3.8) is 0 Å². The first-order chi connectivity index (χ1) is 7.86. The fraction of sp³-hybridized carbons (Fsp3) is 0.500. The molecule has 0 bridgehead atoms. The first kappa shape index (κ1) is 9.99. The summed E-state index contributed by atoms with van der Waals surface area (Å²) in [7, 11) is 0. The van der Waals surface area contributed by atoms with E-state index >= 15 is 0 Å². The smallest absolute Gasteiger partial charge is 0.198 e. The third kappa shape index (κ3) is 1.56. The second-order valence-corrected chi connectivity index (χ2v) is 4.33. The molecule has 1 atom stereocenters. The van der Waals surface area contributed by atoms with Gasteiger partial charge in [-0.05, 0) is 19.4 Å². The Hall–Kier alpha value is -1.20. The van der Waals surface area contributed by atoms with E-state index in [1.54, 1.807) is 6.20 Å². The number of aromatic nitrogens is 4. The Morgan fingerprint density at radius 1 is 1.38 bits per heavy atom. The van der Waals surface area contributed by atoms with E-state index in [1.165, 1.54) is 12.8 Å². The lowest BCUT2D eigenvalue weighted by Crippen LogP contribution is -2.28. The zero-order valence-corrected chi connectivity index (χ0v) is 9.48. The molecule has 0 aliphatic carbocycles. The average Bonchev–Trinajstić information content (AvgIpc) is 2.75. The summed E-state index contributed by atoms with van der Waals surface area (Å²) in [6.45, 7) is 1.04. The van der Waals surface area contributed by atoms with Gasteiger partial charge in [-0.3, -0.25) is 4.40 Å². The van der Waals surface area contributed by atoms with Crippen LogP contribution in [0.25, 0.3) is 5.65 Å². The molecule has 1 unspecified atom stereocenters. The number of rotatable bonds is 1. The van der Waals surface area contributed by atoms with Crippen LogP contribution in [0.3, 0.4) is 0 Å². The standard InChI is InChI=1S/C10H12ClN5/c11-8-10-15-14-9(16(10)6-5-13-8)7-3-1-2-4-12-7/h5-7,12H,1-4H2. The second-order valence-electron chi connectivity index (χ2n) is 3.97. The molecule has 0 aromatic carbocycles.